The lowest BCUT2D eigenvalue weighted by atomic mass is 9.74. The summed E-state index contributed by atoms with van der Waals surface area (Å²) in [5.41, 5.74) is 7.06. The van der Waals surface area contributed by atoms with Crippen molar-refractivity contribution in [2.24, 2.45) is 22.6 Å². The fourth-order valence-electron chi connectivity index (χ4n) is 3.68. The summed E-state index contributed by atoms with van der Waals surface area (Å²) in [7, 11) is 0. The molecule has 0 radical (unpaired) electrons. The molecule has 0 amide bonds. The van der Waals surface area contributed by atoms with Gasteiger partial charge in [-0.15, -0.1) is 0 Å². The van der Waals surface area contributed by atoms with Crippen LogP contribution in [0, 0.1) is 24.6 Å². The van der Waals surface area contributed by atoms with Crippen molar-refractivity contribution in [3.8, 4) is 0 Å². The zero-order chi connectivity index (χ0) is 15.3. The highest BCUT2D eigenvalue weighted by atomic mass is 32.2. The predicted octanol–water partition coefficient (Wildman–Crippen LogP) is 3.21. The Hall–Kier alpha value is -1.07. The first-order valence-corrected chi connectivity index (χ1v) is 8.93. The fraction of sp³-hybridized carbons (Fsp3) is 0.588. The summed E-state index contributed by atoms with van der Waals surface area (Å²) in [4.78, 5) is 4.76. The van der Waals surface area contributed by atoms with Gasteiger partial charge < -0.3 is 10.5 Å². The van der Waals surface area contributed by atoms with E-state index in [0.29, 0.717) is 29.4 Å². The number of thioether (sulfide) groups is 1. The molecule has 3 aliphatic rings. The van der Waals surface area contributed by atoms with Crippen LogP contribution in [0.2, 0.25) is 0 Å². The molecule has 22 heavy (non-hydrogen) atoms. The summed E-state index contributed by atoms with van der Waals surface area (Å²) in [6, 6.07) is 5.44. The Bertz CT molecular complexity index is 631. The summed E-state index contributed by atoms with van der Waals surface area (Å²) >= 11 is 1.62. The number of ether oxygens (including phenoxy) is 1. The largest absolute Gasteiger partial charge is 0.379 e. The van der Waals surface area contributed by atoms with E-state index in [2.05, 4.69) is 0 Å². The van der Waals surface area contributed by atoms with E-state index in [4.69, 9.17) is 15.5 Å². The second kappa shape index (κ2) is 5.24. The van der Waals surface area contributed by atoms with Crippen molar-refractivity contribution in [2.75, 3.05) is 12.4 Å². The number of nitrogens with zero attached hydrogens (tertiary/aromatic N) is 1. The Morgan fingerprint density at radius 2 is 2.23 bits per heavy atom. The van der Waals surface area contributed by atoms with Gasteiger partial charge in [-0.2, -0.15) is 0 Å². The van der Waals surface area contributed by atoms with Gasteiger partial charge in [0.2, 0.25) is 0 Å². The van der Waals surface area contributed by atoms with Gasteiger partial charge in [0, 0.05) is 11.7 Å². The summed E-state index contributed by atoms with van der Waals surface area (Å²) in [5.74, 6) is 1.85. The van der Waals surface area contributed by atoms with Gasteiger partial charge in [-0.1, -0.05) is 23.9 Å². The predicted molar refractivity (Wildman–Crippen MR) is 87.5 cm³/mol. The van der Waals surface area contributed by atoms with Crippen LogP contribution in [0.5, 0.6) is 0 Å². The van der Waals surface area contributed by atoms with Gasteiger partial charge >= 0.3 is 0 Å². The lowest BCUT2D eigenvalue weighted by molar-refractivity contribution is -0.0655. The maximum Gasteiger partial charge on any atom is 0.154 e. The molecule has 0 unspecified atom stereocenters. The normalized spacial score (nSPS) is 34.9. The SMILES string of the molecule is Cc1ccc([C@]23CO[C@@H](C4CC4)C[C@H]2CSC(N)=N3)cc1F. The van der Waals surface area contributed by atoms with Crippen molar-refractivity contribution >= 4 is 16.9 Å². The number of fused-ring (bicyclic) bond motifs is 1. The van der Waals surface area contributed by atoms with Crippen LogP contribution in [0.3, 0.4) is 0 Å². The molecule has 0 bridgehead atoms. The molecule has 2 heterocycles. The van der Waals surface area contributed by atoms with E-state index in [9.17, 15) is 4.39 Å². The third-order valence-corrected chi connectivity index (χ3v) is 6.23. The number of rotatable bonds is 2. The highest BCUT2D eigenvalue weighted by Gasteiger charge is 2.50. The molecule has 5 heteroatoms. The molecule has 0 aromatic heterocycles. The summed E-state index contributed by atoms with van der Waals surface area (Å²) in [6.07, 6.45) is 3.91. The van der Waals surface area contributed by atoms with E-state index in [0.717, 1.165) is 23.7 Å². The number of nitrogens with two attached hydrogens (primary N) is 1. The number of aliphatic imine (C=N–C) groups is 1. The van der Waals surface area contributed by atoms with E-state index in [1.165, 1.54) is 12.8 Å². The summed E-state index contributed by atoms with van der Waals surface area (Å²) < 4.78 is 20.2. The molecule has 3 atom stereocenters. The Morgan fingerprint density at radius 3 is 2.95 bits per heavy atom. The lowest BCUT2D eigenvalue weighted by Gasteiger charge is -2.46. The van der Waals surface area contributed by atoms with E-state index < -0.39 is 5.54 Å². The number of halogens is 1. The molecular formula is C17H21FN2OS. The number of hydrogen-bond acceptors (Lipinski definition) is 4. The number of benzene rings is 1. The Morgan fingerprint density at radius 1 is 1.41 bits per heavy atom. The first-order valence-electron chi connectivity index (χ1n) is 7.95. The van der Waals surface area contributed by atoms with Gasteiger partial charge in [0.05, 0.1) is 12.7 Å². The quantitative estimate of drug-likeness (QED) is 0.910. The van der Waals surface area contributed by atoms with Crippen molar-refractivity contribution in [3.05, 3.63) is 35.1 Å². The molecule has 1 aromatic carbocycles. The Labute approximate surface area is 134 Å². The van der Waals surface area contributed by atoms with E-state index in [1.807, 2.05) is 12.1 Å². The molecular weight excluding hydrogens is 299 g/mol. The molecule has 0 spiro atoms. The van der Waals surface area contributed by atoms with E-state index in [1.54, 1.807) is 24.8 Å². The molecule has 1 saturated heterocycles. The molecule has 3 nitrogen and oxygen atoms in total. The maximum absolute atomic E-state index is 14.1. The van der Waals surface area contributed by atoms with Crippen LogP contribution >= 0.6 is 11.8 Å². The molecule has 2 fully saturated rings. The average Bonchev–Trinajstić information content (AvgIpc) is 3.34. The first kappa shape index (κ1) is 14.5. The number of aryl methyl sites for hydroxylation is 1. The van der Waals surface area contributed by atoms with Crippen molar-refractivity contribution in [1.29, 1.82) is 0 Å². The number of hydrogen-bond donors (Lipinski definition) is 1. The van der Waals surface area contributed by atoms with Gasteiger partial charge in [0.15, 0.2) is 5.17 Å². The van der Waals surface area contributed by atoms with Gasteiger partial charge in [-0.3, -0.25) is 0 Å². The minimum Gasteiger partial charge on any atom is -0.379 e. The van der Waals surface area contributed by atoms with Crippen LogP contribution < -0.4 is 5.73 Å². The van der Waals surface area contributed by atoms with Crippen LogP contribution in [-0.2, 0) is 10.3 Å². The average molecular weight is 320 g/mol. The van der Waals surface area contributed by atoms with E-state index >= 15 is 0 Å². The standard InChI is InChI=1S/C17H21FN2OS/c1-10-2-5-12(6-14(10)18)17-9-21-15(11-3-4-11)7-13(17)8-22-16(19)20-17/h2,5-6,11,13,15H,3-4,7-9H2,1H3,(H2,19,20)/t13-,15+,17+/m0/s1. The second-order valence-electron chi connectivity index (χ2n) is 6.77. The zero-order valence-electron chi connectivity index (χ0n) is 12.7. The van der Waals surface area contributed by atoms with Crippen molar-refractivity contribution in [2.45, 2.75) is 37.8 Å². The Balaban J connectivity index is 1.73. The lowest BCUT2D eigenvalue weighted by Crippen LogP contribution is -2.50. The van der Waals surface area contributed by atoms with Gasteiger partial charge in [-0.25, -0.2) is 9.38 Å². The molecule has 4 rings (SSSR count). The van der Waals surface area contributed by atoms with Crippen LogP contribution in [0.25, 0.3) is 0 Å². The summed E-state index contributed by atoms with van der Waals surface area (Å²) in [6.45, 7) is 2.30. The molecule has 2 aliphatic heterocycles. The molecule has 1 aliphatic carbocycles. The van der Waals surface area contributed by atoms with Crippen LogP contribution in [0.4, 0.5) is 4.39 Å². The van der Waals surface area contributed by atoms with Crippen LogP contribution in [0.15, 0.2) is 23.2 Å². The van der Waals surface area contributed by atoms with Gasteiger partial charge in [-0.05, 0) is 49.3 Å². The second-order valence-corrected chi connectivity index (χ2v) is 7.81. The highest BCUT2D eigenvalue weighted by Crippen LogP contribution is 2.49. The maximum atomic E-state index is 14.1. The summed E-state index contributed by atoms with van der Waals surface area (Å²) in [5, 5.41) is 0.589. The highest BCUT2D eigenvalue weighted by molar-refractivity contribution is 8.13. The Kier molecular flexibility index (Phi) is 3.46. The molecule has 118 valence electrons. The third kappa shape index (κ3) is 2.35. The fourth-order valence-corrected chi connectivity index (χ4v) is 4.69. The number of amidine groups is 1. The van der Waals surface area contributed by atoms with Gasteiger partial charge in [0.1, 0.15) is 11.4 Å². The van der Waals surface area contributed by atoms with Crippen molar-refractivity contribution in [3.63, 3.8) is 0 Å². The van der Waals surface area contributed by atoms with Crippen LogP contribution in [0.1, 0.15) is 30.4 Å². The van der Waals surface area contributed by atoms with Crippen molar-refractivity contribution < 1.29 is 9.13 Å². The van der Waals surface area contributed by atoms with E-state index in [-0.39, 0.29) is 5.82 Å². The topological polar surface area (TPSA) is 47.6 Å². The minimum atomic E-state index is -0.505. The first-order chi connectivity index (χ1) is 10.6. The van der Waals surface area contributed by atoms with Crippen LogP contribution in [-0.4, -0.2) is 23.6 Å². The zero-order valence-corrected chi connectivity index (χ0v) is 13.5. The monoisotopic (exact) mass is 320 g/mol. The third-order valence-electron chi connectivity index (χ3n) is 5.27. The van der Waals surface area contributed by atoms with Gasteiger partial charge in [0.25, 0.3) is 0 Å². The molecule has 2 N–H and O–H groups in total. The van der Waals surface area contributed by atoms with Crippen molar-refractivity contribution in [1.82, 2.24) is 0 Å². The molecule has 1 aromatic rings. The smallest absolute Gasteiger partial charge is 0.154 e. The minimum absolute atomic E-state index is 0.179. The molecule has 1 saturated carbocycles.